The number of benzene rings is 2. The van der Waals surface area contributed by atoms with E-state index in [1.807, 2.05) is 54.6 Å². The molecule has 2 aromatic rings. The molecule has 0 saturated heterocycles. The number of nitrogens with one attached hydrogen (secondary N) is 1. The third kappa shape index (κ3) is 2.62. The Balaban J connectivity index is 2.19. The molecule has 0 radical (unpaired) electrons. The van der Waals surface area contributed by atoms with Crippen LogP contribution >= 0.6 is 24.8 Å². The quantitative estimate of drug-likeness (QED) is 0.617. The number of hydrogen-bond donors (Lipinski definition) is 2. The minimum absolute atomic E-state index is 0.691. The highest BCUT2D eigenvalue weighted by Crippen LogP contribution is 2.16. The lowest BCUT2D eigenvalue weighted by Crippen LogP contribution is -2.10. The zero-order valence-corrected chi connectivity index (χ0v) is 10.3. The monoisotopic (exact) mass is 245 g/mol. The number of para-hydroxylation sites is 1. The Hall–Kier alpha value is -1.32. The predicted molar refractivity (Wildman–Crippen MR) is 75.5 cm³/mol. The summed E-state index contributed by atoms with van der Waals surface area (Å²) in [6.45, 7) is 0. The molecule has 0 aliphatic heterocycles. The molecule has 0 aliphatic carbocycles. The summed E-state index contributed by atoms with van der Waals surface area (Å²) in [7, 11) is 0. The molecular weight excluding hydrogens is 234 g/mol. The van der Waals surface area contributed by atoms with Gasteiger partial charge in [0.2, 0.25) is 0 Å². The van der Waals surface area contributed by atoms with Crippen LogP contribution in [0.15, 0.2) is 59.5 Å². The van der Waals surface area contributed by atoms with Crippen LogP contribution in [0.2, 0.25) is 0 Å². The first-order valence-corrected chi connectivity index (χ1v) is 5.77. The SMILES string of the molecule is S=C(Nc1ccccc1)c1ccccc1S. The van der Waals surface area contributed by atoms with Crippen molar-refractivity contribution in [1.29, 1.82) is 0 Å². The molecule has 0 spiro atoms. The van der Waals surface area contributed by atoms with Crippen molar-refractivity contribution in [2.24, 2.45) is 0 Å². The van der Waals surface area contributed by atoms with Crippen LogP contribution in [0.3, 0.4) is 0 Å². The van der Waals surface area contributed by atoms with Gasteiger partial charge < -0.3 is 5.32 Å². The largest absolute Gasteiger partial charge is 0.346 e. The highest BCUT2D eigenvalue weighted by atomic mass is 32.1. The molecule has 2 rings (SSSR count). The van der Waals surface area contributed by atoms with Crippen LogP contribution in [0, 0.1) is 0 Å². The summed E-state index contributed by atoms with van der Waals surface area (Å²) in [6, 6.07) is 17.7. The molecule has 0 bridgehead atoms. The molecule has 80 valence electrons. The van der Waals surface area contributed by atoms with E-state index in [9.17, 15) is 0 Å². The van der Waals surface area contributed by atoms with Crippen molar-refractivity contribution in [3.05, 3.63) is 60.2 Å². The Kier molecular flexibility index (Phi) is 3.59. The first-order valence-electron chi connectivity index (χ1n) is 4.92. The minimum atomic E-state index is 0.691. The molecule has 0 saturated carbocycles. The zero-order valence-electron chi connectivity index (χ0n) is 8.55. The summed E-state index contributed by atoms with van der Waals surface area (Å²) in [5, 5.41) is 3.18. The van der Waals surface area contributed by atoms with E-state index in [-0.39, 0.29) is 0 Å². The van der Waals surface area contributed by atoms with Crippen molar-refractivity contribution in [2.45, 2.75) is 4.90 Å². The van der Waals surface area contributed by atoms with Gasteiger partial charge in [-0.1, -0.05) is 48.6 Å². The van der Waals surface area contributed by atoms with Gasteiger partial charge >= 0.3 is 0 Å². The van der Waals surface area contributed by atoms with Crippen molar-refractivity contribution in [3.63, 3.8) is 0 Å². The van der Waals surface area contributed by atoms with Crippen LogP contribution in [0.4, 0.5) is 5.69 Å². The Morgan fingerprint density at radius 1 is 0.938 bits per heavy atom. The van der Waals surface area contributed by atoms with E-state index in [4.69, 9.17) is 12.2 Å². The van der Waals surface area contributed by atoms with Gasteiger partial charge in [0, 0.05) is 16.1 Å². The molecule has 0 atom stereocenters. The summed E-state index contributed by atoms with van der Waals surface area (Å²) in [5.41, 5.74) is 1.94. The van der Waals surface area contributed by atoms with Crippen molar-refractivity contribution in [1.82, 2.24) is 0 Å². The number of hydrogen-bond acceptors (Lipinski definition) is 2. The van der Waals surface area contributed by atoms with Crippen LogP contribution in [0.25, 0.3) is 0 Å². The lowest BCUT2D eigenvalue weighted by Gasteiger charge is -2.09. The molecule has 16 heavy (non-hydrogen) atoms. The Morgan fingerprint density at radius 2 is 1.56 bits per heavy atom. The van der Waals surface area contributed by atoms with E-state index in [0.717, 1.165) is 16.1 Å². The fourth-order valence-corrected chi connectivity index (χ4v) is 2.03. The summed E-state index contributed by atoms with van der Waals surface area (Å²) in [4.78, 5) is 1.58. The highest BCUT2D eigenvalue weighted by molar-refractivity contribution is 7.82. The van der Waals surface area contributed by atoms with Crippen LogP contribution in [-0.2, 0) is 0 Å². The molecule has 0 unspecified atom stereocenters. The van der Waals surface area contributed by atoms with Crippen molar-refractivity contribution < 1.29 is 0 Å². The second kappa shape index (κ2) is 5.14. The molecule has 0 aromatic heterocycles. The average Bonchev–Trinajstić information content (AvgIpc) is 2.31. The molecule has 0 heterocycles. The first kappa shape index (κ1) is 11.2. The molecule has 1 N–H and O–H groups in total. The number of anilines is 1. The number of thiocarbonyl (C=S) groups is 1. The molecule has 0 amide bonds. The summed E-state index contributed by atoms with van der Waals surface area (Å²) in [5.74, 6) is 0. The second-order valence-corrected chi connectivity index (χ2v) is 4.23. The highest BCUT2D eigenvalue weighted by Gasteiger charge is 2.04. The van der Waals surface area contributed by atoms with Gasteiger partial charge in [0.1, 0.15) is 4.99 Å². The molecule has 2 aromatic carbocycles. The summed E-state index contributed by atoms with van der Waals surface area (Å²) in [6.07, 6.45) is 0. The minimum Gasteiger partial charge on any atom is -0.346 e. The van der Waals surface area contributed by atoms with Crippen LogP contribution in [0.1, 0.15) is 5.56 Å². The average molecular weight is 245 g/mol. The first-order chi connectivity index (χ1) is 7.77. The molecular formula is C13H11NS2. The molecule has 3 heteroatoms. The van der Waals surface area contributed by atoms with E-state index in [2.05, 4.69) is 17.9 Å². The normalized spacial score (nSPS) is 9.81. The van der Waals surface area contributed by atoms with Gasteiger partial charge in [-0.05, 0) is 18.2 Å². The van der Waals surface area contributed by atoms with Gasteiger partial charge in [0.05, 0.1) is 0 Å². The van der Waals surface area contributed by atoms with Crippen molar-refractivity contribution in [2.75, 3.05) is 5.32 Å². The van der Waals surface area contributed by atoms with Crippen LogP contribution < -0.4 is 5.32 Å². The van der Waals surface area contributed by atoms with E-state index in [1.54, 1.807) is 0 Å². The lowest BCUT2D eigenvalue weighted by molar-refractivity contribution is 1.43. The smallest absolute Gasteiger partial charge is 0.112 e. The van der Waals surface area contributed by atoms with Crippen LogP contribution in [0.5, 0.6) is 0 Å². The van der Waals surface area contributed by atoms with Crippen molar-refractivity contribution >= 4 is 35.5 Å². The van der Waals surface area contributed by atoms with Crippen molar-refractivity contribution in [3.8, 4) is 0 Å². The summed E-state index contributed by atoms with van der Waals surface area (Å²) < 4.78 is 0. The standard InChI is InChI=1S/C13H11NS2/c15-12-9-5-4-8-11(12)13(16)14-10-6-2-1-3-7-10/h1-9,15H,(H,14,16). The maximum Gasteiger partial charge on any atom is 0.112 e. The topological polar surface area (TPSA) is 12.0 Å². The van der Waals surface area contributed by atoms with Crippen LogP contribution in [-0.4, -0.2) is 4.99 Å². The fraction of sp³-hybridized carbons (Fsp3) is 0. The van der Waals surface area contributed by atoms with E-state index >= 15 is 0 Å². The number of thiol groups is 1. The third-order valence-corrected chi connectivity index (χ3v) is 2.89. The molecule has 0 fully saturated rings. The zero-order chi connectivity index (χ0) is 11.4. The van der Waals surface area contributed by atoms with E-state index < -0.39 is 0 Å². The third-order valence-electron chi connectivity index (χ3n) is 2.18. The van der Waals surface area contributed by atoms with Gasteiger partial charge in [-0.15, -0.1) is 12.6 Å². The maximum absolute atomic E-state index is 5.33. The van der Waals surface area contributed by atoms with Gasteiger partial charge in [-0.25, -0.2) is 0 Å². The van der Waals surface area contributed by atoms with Gasteiger partial charge in [-0.2, -0.15) is 0 Å². The van der Waals surface area contributed by atoms with Gasteiger partial charge in [0.25, 0.3) is 0 Å². The van der Waals surface area contributed by atoms with E-state index in [1.165, 1.54) is 0 Å². The lowest BCUT2D eigenvalue weighted by atomic mass is 10.2. The molecule has 1 nitrogen and oxygen atoms in total. The number of rotatable bonds is 2. The predicted octanol–water partition coefficient (Wildman–Crippen LogP) is 3.76. The fourth-order valence-electron chi connectivity index (χ4n) is 1.39. The Bertz CT molecular complexity index is 494. The van der Waals surface area contributed by atoms with Gasteiger partial charge in [0.15, 0.2) is 0 Å². The van der Waals surface area contributed by atoms with E-state index in [0.29, 0.717) is 4.99 Å². The molecule has 0 aliphatic rings. The van der Waals surface area contributed by atoms with Gasteiger partial charge in [-0.3, -0.25) is 0 Å². The Labute approximate surface area is 106 Å². The Morgan fingerprint density at radius 3 is 2.25 bits per heavy atom. The second-order valence-electron chi connectivity index (χ2n) is 3.34. The summed E-state index contributed by atoms with van der Waals surface area (Å²) >= 11 is 9.71. The maximum atomic E-state index is 5.33.